The maximum absolute atomic E-state index is 4.80. The molecular weight excluding hydrogens is 388 g/mol. The van der Waals surface area contributed by atoms with E-state index in [1.807, 2.05) is 12.4 Å². The fourth-order valence-corrected chi connectivity index (χ4v) is 4.92. The van der Waals surface area contributed by atoms with Crippen LogP contribution in [0.4, 0.5) is 0 Å². The molecule has 0 amide bonds. The van der Waals surface area contributed by atoms with Gasteiger partial charge in [0.1, 0.15) is 0 Å². The summed E-state index contributed by atoms with van der Waals surface area (Å²) in [6.07, 6.45) is 4.73. The lowest BCUT2D eigenvalue weighted by atomic mass is 10.2. The maximum atomic E-state index is 4.80. The van der Waals surface area contributed by atoms with Crippen LogP contribution in [0.3, 0.4) is 0 Å². The molecule has 0 aromatic heterocycles. The van der Waals surface area contributed by atoms with Crippen LogP contribution in [0.2, 0.25) is 39.3 Å². The highest BCUT2D eigenvalue weighted by Crippen LogP contribution is 2.16. The first-order chi connectivity index (χ1) is 13.7. The molecule has 2 aromatic carbocycles. The van der Waals surface area contributed by atoms with E-state index in [2.05, 4.69) is 109 Å². The molecule has 0 saturated carbocycles. The summed E-state index contributed by atoms with van der Waals surface area (Å²) < 4.78 is 4.55. The summed E-state index contributed by atoms with van der Waals surface area (Å²) in [5, 5.41) is 9.61. The van der Waals surface area contributed by atoms with Crippen molar-refractivity contribution in [1.82, 2.24) is 9.35 Å². The summed E-state index contributed by atoms with van der Waals surface area (Å²) in [6.45, 7) is 15.7. The molecule has 156 valence electrons. The second-order valence-corrected chi connectivity index (χ2v) is 19.0. The standard InChI is InChI=1S/C23H36N4Si2/c1-28(2,3)26(20-22-14-9-7-10-15-22)24-18-13-19-25-27(29(4,5)6)21-23-16-11-8-12-17-23/h7-12,14-19H,13,20-21H2,1-6H3/b24-18-,25-19+. The van der Waals surface area contributed by atoms with Crippen LogP contribution >= 0.6 is 0 Å². The summed E-state index contributed by atoms with van der Waals surface area (Å²) in [5.41, 5.74) is 2.60. The molecule has 0 bridgehead atoms. The Morgan fingerprint density at radius 3 is 1.28 bits per heavy atom. The van der Waals surface area contributed by atoms with E-state index in [4.69, 9.17) is 10.2 Å². The molecule has 0 atom stereocenters. The van der Waals surface area contributed by atoms with Crippen molar-refractivity contribution >= 4 is 28.9 Å². The molecule has 0 spiro atoms. The van der Waals surface area contributed by atoms with Crippen LogP contribution in [0.1, 0.15) is 17.5 Å². The Bertz CT molecular complexity index is 711. The van der Waals surface area contributed by atoms with Crippen LogP contribution in [0, 0.1) is 0 Å². The molecule has 0 aliphatic carbocycles. The zero-order chi connectivity index (χ0) is 21.3. The third kappa shape index (κ3) is 8.37. The summed E-state index contributed by atoms with van der Waals surface area (Å²) in [5.74, 6) is 0. The predicted octanol–water partition coefficient (Wildman–Crippen LogP) is 6.02. The average Bonchev–Trinajstić information content (AvgIpc) is 2.66. The average molecular weight is 425 g/mol. The Morgan fingerprint density at radius 1 is 0.621 bits per heavy atom. The van der Waals surface area contributed by atoms with Crippen LogP contribution < -0.4 is 0 Å². The first kappa shape index (κ1) is 23.1. The van der Waals surface area contributed by atoms with Crippen molar-refractivity contribution in [3.63, 3.8) is 0 Å². The summed E-state index contributed by atoms with van der Waals surface area (Å²) in [7, 11) is -3.09. The van der Waals surface area contributed by atoms with Crippen molar-refractivity contribution in [2.75, 3.05) is 0 Å². The Hall–Kier alpha value is -2.19. The highest BCUT2D eigenvalue weighted by Gasteiger charge is 2.23. The molecule has 6 heteroatoms. The van der Waals surface area contributed by atoms with Crippen molar-refractivity contribution in [1.29, 1.82) is 0 Å². The van der Waals surface area contributed by atoms with Crippen molar-refractivity contribution in [3.05, 3.63) is 71.8 Å². The minimum Gasteiger partial charge on any atom is -0.321 e. The van der Waals surface area contributed by atoms with Crippen molar-refractivity contribution < 1.29 is 0 Å². The van der Waals surface area contributed by atoms with E-state index < -0.39 is 16.5 Å². The molecule has 2 aromatic rings. The lowest BCUT2D eigenvalue weighted by molar-refractivity contribution is 0.443. The van der Waals surface area contributed by atoms with Gasteiger partial charge >= 0.3 is 0 Å². The van der Waals surface area contributed by atoms with Gasteiger partial charge in [-0.2, -0.15) is 10.2 Å². The molecule has 0 aliphatic rings. The molecular formula is C23H36N4Si2. The van der Waals surface area contributed by atoms with Gasteiger partial charge in [-0.05, 0) is 11.1 Å². The smallest absolute Gasteiger partial charge is 0.169 e. The second-order valence-electron chi connectivity index (χ2n) is 9.26. The van der Waals surface area contributed by atoms with Gasteiger partial charge in [-0.15, -0.1) is 0 Å². The first-order valence-corrected chi connectivity index (χ1v) is 17.2. The van der Waals surface area contributed by atoms with E-state index >= 15 is 0 Å². The number of rotatable bonds is 10. The number of nitrogens with zero attached hydrogens (tertiary/aromatic N) is 4. The molecule has 0 N–H and O–H groups in total. The number of hydrogen-bond acceptors (Lipinski definition) is 4. The quantitative estimate of drug-likeness (QED) is 0.265. The van der Waals surface area contributed by atoms with Crippen LogP contribution in [-0.4, -0.2) is 38.2 Å². The van der Waals surface area contributed by atoms with Crippen LogP contribution in [-0.2, 0) is 13.1 Å². The summed E-state index contributed by atoms with van der Waals surface area (Å²) >= 11 is 0. The second kappa shape index (κ2) is 10.6. The first-order valence-electron chi connectivity index (χ1n) is 10.3. The van der Waals surface area contributed by atoms with E-state index in [-0.39, 0.29) is 0 Å². The SMILES string of the molecule is C[Si](C)(C)N(Cc1ccccc1)/N=C\C/C=N/N(Cc1ccccc1)[Si](C)(C)C. The highest BCUT2D eigenvalue weighted by atomic mass is 28.3. The van der Waals surface area contributed by atoms with Crippen LogP contribution in [0.5, 0.6) is 0 Å². The largest absolute Gasteiger partial charge is 0.321 e. The Labute approximate surface area is 179 Å². The molecule has 0 unspecified atom stereocenters. The van der Waals surface area contributed by atoms with Gasteiger partial charge in [0.05, 0.1) is 13.1 Å². The van der Waals surface area contributed by atoms with Crippen molar-refractivity contribution in [2.45, 2.75) is 58.8 Å². The van der Waals surface area contributed by atoms with Gasteiger partial charge in [0.2, 0.25) is 0 Å². The van der Waals surface area contributed by atoms with E-state index in [9.17, 15) is 0 Å². The van der Waals surface area contributed by atoms with E-state index in [1.165, 1.54) is 11.1 Å². The Balaban J connectivity index is 1.99. The van der Waals surface area contributed by atoms with Gasteiger partial charge in [-0.25, -0.2) is 0 Å². The van der Waals surface area contributed by atoms with Crippen molar-refractivity contribution in [3.8, 4) is 0 Å². The zero-order valence-corrected chi connectivity index (χ0v) is 20.8. The Kier molecular flexibility index (Phi) is 8.40. The van der Waals surface area contributed by atoms with Gasteiger partial charge in [0.25, 0.3) is 0 Å². The third-order valence-electron chi connectivity index (χ3n) is 4.55. The summed E-state index contributed by atoms with van der Waals surface area (Å²) in [4.78, 5) is 0. The minimum absolute atomic E-state index is 0.742. The number of hydrogen-bond donors (Lipinski definition) is 0. The van der Waals surface area contributed by atoms with Crippen LogP contribution in [0.15, 0.2) is 70.9 Å². The number of benzene rings is 2. The van der Waals surface area contributed by atoms with Crippen molar-refractivity contribution in [2.24, 2.45) is 10.2 Å². The van der Waals surface area contributed by atoms with E-state index in [0.29, 0.717) is 0 Å². The zero-order valence-electron chi connectivity index (χ0n) is 18.8. The third-order valence-corrected chi connectivity index (χ3v) is 8.20. The molecule has 0 heterocycles. The Morgan fingerprint density at radius 2 is 0.966 bits per heavy atom. The molecule has 0 radical (unpaired) electrons. The maximum Gasteiger partial charge on any atom is 0.169 e. The van der Waals surface area contributed by atoms with Gasteiger partial charge in [0.15, 0.2) is 16.5 Å². The molecule has 0 fully saturated rings. The number of hydrazone groups is 2. The highest BCUT2D eigenvalue weighted by molar-refractivity contribution is 6.73. The van der Waals surface area contributed by atoms with E-state index in [1.54, 1.807) is 0 Å². The summed E-state index contributed by atoms with van der Waals surface area (Å²) in [6, 6.07) is 21.1. The van der Waals surface area contributed by atoms with E-state index in [0.717, 1.165) is 19.5 Å². The molecule has 0 aliphatic heterocycles. The predicted molar refractivity (Wildman–Crippen MR) is 132 cm³/mol. The van der Waals surface area contributed by atoms with Gasteiger partial charge in [0, 0.05) is 18.9 Å². The fourth-order valence-electron chi connectivity index (χ4n) is 2.75. The lowest BCUT2D eigenvalue weighted by Crippen LogP contribution is -2.42. The molecule has 2 rings (SSSR count). The monoisotopic (exact) mass is 424 g/mol. The van der Waals surface area contributed by atoms with Gasteiger partial charge < -0.3 is 9.35 Å². The molecule has 29 heavy (non-hydrogen) atoms. The fraction of sp³-hybridized carbons (Fsp3) is 0.391. The minimum atomic E-state index is -1.54. The molecule has 4 nitrogen and oxygen atoms in total. The normalized spacial score (nSPS) is 12.6. The van der Waals surface area contributed by atoms with Crippen LogP contribution in [0.25, 0.3) is 0 Å². The molecule has 0 saturated heterocycles. The lowest BCUT2D eigenvalue weighted by Gasteiger charge is -2.32. The topological polar surface area (TPSA) is 31.2 Å². The van der Waals surface area contributed by atoms with Gasteiger partial charge in [-0.3, -0.25) is 0 Å². The van der Waals surface area contributed by atoms with Gasteiger partial charge in [-0.1, -0.05) is 99.9 Å².